The fraction of sp³-hybridized carbons (Fsp3) is 0.440. The summed E-state index contributed by atoms with van der Waals surface area (Å²) in [6, 6.07) is 16.4. The summed E-state index contributed by atoms with van der Waals surface area (Å²) in [6.07, 6.45) is 6.04. The zero-order valence-corrected chi connectivity index (χ0v) is 17.9. The van der Waals surface area contributed by atoms with Gasteiger partial charge in [0, 0.05) is 12.1 Å². The molecule has 4 nitrogen and oxygen atoms in total. The number of unbranched alkanes of at least 4 members (excludes halogenated alkanes) is 2. The van der Waals surface area contributed by atoms with Crippen LogP contribution in [0.2, 0.25) is 0 Å². The maximum atomic E-state index is 12.3. The van der Waals surface area contributed by atoms with Crippen LogP contribution >= 0.6 is 0 Å². The molecule has 4 heteroatoms. The first kappa shape index (κ1) is 22.7. The van der Waals surface area contributed by atoms with Gasteiger partial charge in [0.25, 0.3) is 5.91 Å². The van der Waals surface area contributed by atoms with Crippen molar-refractivity contribution in [2.24, 2.45) is 5.92 Å². The zero-order valence-electron chi connectivity index (χ0n) is 17.9. The normalized spacial score (nSPS) is 11.7. The van der Waals surface area contributed by atoms with E-state index in [-0.39, 0.29) is 17.8 Å². The van der Waals surface area contributed by atoms with Crippen LogP contribution in [0.3, 0.4) is 0 Å². The van der Waals surface area contributed by atoms with Gasteiger partial charge in [0.1, 0.15) is 0 Å². The first-order valence-electron chi connectivity index (χ1n) is 10.6. The molecular formula is C25H33NO3. The second-order valence-corrected chi connectivity index (χ2v) is 7.55. The molecule has 29 heavy (non-hydrogen) atoms. The van der Waals surface area contributed by atoms with Gasteiger partial charge in [-0.15, -0.1) is 0 Å². The van der Waals surface area contributed by atoms with Crippen molar-refractivity contribution in [3.05, 3.63) is 59.7 Å². The number of aryl methyl sites for hydroxylation is 1. The smallest absolute Gasteiger partial charge is 0.308 e. The van der Waals surface area contributed by atoms with Crippen LogP contribution < -0.4 is 5.32 Å². The Hall–Kier alpha value is -2.62. The van der Waals surface area contributed by atoms with E-state index in [1.807, 2.05) is 31.2 Å². The number of amides is 1. The van der Waals surface area contributed by atoms with Gasteiger partial charge in [-0.2, -0.15) is 0 Å². The van der Waals surface area contributed by atoms with Crippen LogP contribution in [0.25, 0.3) is 11.1 Å². The summed E-state index contributed by atoms with van der Waals surface area (Å²) in [7, 11) is 1.41. The molecule has 0 aromatic heterocycles. The maximum Gasteiger partial charge on any atom is 0.308 e. The number of ether oxygens (including phenoxy) is 1. The second kappa shape index (κ2) is 12.1. The van der Waals surface area contributed by atoms with Crippen LogP contribution in [-0.4, -0.2) is 25.5 Å². The van der Waals surface area contributed by atoms with E-state index in [9.17, 15) is 9.59 Å². The average molecular weight is 396 g/mol. The number of methoxy groups -OCH3 is 1. The molecule has 1 amide bonds. The molecule has 2 aromatic rings. The molecule has 2 aromatic carbocycles. The minimum absolute atomic E-state index is 0.0625. The molecule has 0 radical (unpaired) electrons. The SMILES string of the molecule is CCCCc1ccc(-c2ccc(C(=O)NCCCC[C@H](C)C(=O)OC)cc2)cc1. The van der Waals surface area contributed by atoms with E-state index < -0.39 is 0 Å². The minimum Gasteiger partial charge on any atom is -0.469 e. The first-order chi connectivity index (χ1) is 14.0. The highest BCUT2D eigenvalue weighted by Crippen LogP contribution is 2.21. The highest BCUT2D eigenvalue weighted by atomic mass is 16.5. The Morgan fingerprint density at radius 2 is 1.55 bits per heavy atom. The van der Waals surface area contributed by atoms with Gasteiger partial charge < -0.3 is 10.1 Å². The Morgan fingerprint density at radius 3 is 2.14 bits per heavy atom. The Balaban J connectivity index is 1.79. The molecule has 0 aliphatic carbocycles. The predicted octanol–water partition coefficient (Wildman–Crippen LogP) is 5.41. The largest absolute Gasteiger partial charge is 0.469 e. The van der Waals surface area contributed by atoms with Crippen LogP contribution in [0.5, 0.6) is 0 Å². The monoisotopic (exact) mass is 395 g/mol. The Bertz CT molecular complexity index is 766. The van der Waals surface area contributed by atoms with Crippen molar-refractivity contribution in [2.75, 3.05) is 13.7 Å². The number of rotatable bonds is 11. The van der Waals surface area contributed by atoms with Crippen molar-refractivity contribution in [2.45, 2.75) is 52.4 Å². The summed E-state index contributed by atoms with van der Waals surface area (Å²) in [5, 5.41) is 2.95. The average Bonchev–Trinajstić information content (AvgIpc) is 2.77. The van der Waals surface area contributed by atoms with Crippen LogP contribution in [0.1, 0.15) is 61.9 Å². The van der Waals surface area contributed by atoms with Crippen molar-refractivity contribution in [1.29, 1.82) is 0 Å². The van der Waals surface area contributed by atoms with Gasteiger partial charge in [0.15, 0.2) is 0 Å². The van der Waals surface area contributed by atoms with Gasteiger partial charge in [0.05, 0.1) is 13.0 Å². The molecule has 0 saturated carbocycles. The van der Waals surface area contributed by atoms with E-state index in [1.54, 1.807) is 0 Å². The Morgan fingerprint density at radius 1 is 0.931 bits per heavy atom. The quantitative estimate of drug-likeness (QED) is 0.409. The molecule has 0 spiro atoms. The Kier molecular flexibility index (Phi) is 9.42. The number of carbonyl (C=O) groups is 2. The van der Waals surface area contributed by atoms with Gasteiger partial charge in [0.2, 0.25) is 0 Å². The topological polar surface area (TPSA) is 55.4 Å². The third-order valence-corrected chi connectivity index (χ3v) is 5.21. The molecule has 0 fully saturated rings. The molecule has 0 aliphatic heterocycles. The zero-order chi connectivity index (χ0) is 21.1. The van der Waals surface area contributed by atoms with Gasteiger partial charge >= 0.3 is 5.97 Å². The number of benzene rings is 2. The summed E-state index contributed by atoms with van der Waals surface area (Å²) in [4.78, 5) is 23.7. The van der Waals surface area contributed by atoms with Crippen molar-refractivity contribution in [3.63, 3.8) is 0 Å². The molecule has 1 atom stereocenters. The molecule has 0 aliphatic rings. The van der Waals surface area contributed by atoms with Crippen molar-refractivity contribution >= 4 is 11.9 Å². The van der Waals surface area contributed by atoms with E-state index in [0.29, 0.717) is 12.1 Å². The van der Waals surface area contributed by atoms with Gasteiger partial charge in [-0.1, -0.05) is 63.1 Å². The molecule has 2 rings (SSSR count). The summed E-state index contributed by atoms with van der Waals surface area (Å²) >= 11 is 0. The van der Waals surface area contributed by atoms with E-state index in [1.165, 1.54) is 25.5 Å². The maximum absolute atomic E-state index is 12.3. The fourth-order valence-electron chi connectivity index (χ4n) is 3.26. The lowest BCUT2D eigenvalue weighted by molar-refractivity contribution is -0.145. The molecule has 1 N–H and O–H groups in total. The lowest BCUT2D eigenvalue weighted by atomic mass is 10.0. The van der Waals surface area contributed by atoms with Crippen LogP contribution in [-0.2, 0) is 16.0 Å². The summed E-state index contributed by atoms with van der Waals surface area (Å²) in [5.41, 5.74) is 4.31. The third kappa shape index (κ3) is 7.37. The lowest BCUT2D eigenvalue weighted by Crippen LogP contribution is -2.24. The number of nitrogens with one attached hydrogen (secondary N) is 1. The van der Waals surface area contributed by atoms with E-state index in [0.717, 1.165) is 36.8 Å². The number of hydrogen-bond acceptors (Lipinski definition) is 3. The van der Waals surface area contributed by atoms with Gasteiger partial charge in [-0.05, 0) is 54.5 Å². The molecule has 0 bridgehead atoms. The summed E-state index contributed by atoms with van der Waals surface area (Å²) in [6.45, 7) is 4.68. The summed E-state index contributed by atoms with van der Waals surface area (Å²) in [5.74, 6) is -0.332. The second-order valence-electron chi connectivity index (χ2n) is 7.55. The molecule has 0 saturated heterocycles. The molecule has 0 heterocycles. The first-order valence-corrected chi connectivity index (χ1v) is 10.6. The van der Waals surface area contributed by atoms with Gasteiger partial charge in [-0.25, -0.2) is 0 Å². The van der Waals surface area contributed by atoms with E-state index in [2.05, 4.69) is 36.5 Å². The van der Waals surface area contributed by atoms with Crippen LogP contribution in [0.15, 0.2) is 48.5 Å². The third-order valence-electron chi connectivity index (χ3n) is 5.21. The standard InChI is InChI=1S/C25H33NO3/c1-4-5-9-20-10-12-21(13-11-20)22-14-16-23(17-15-22)24(27)26-18-7-6-8-19(2)25(28)29-3/h10-17,19H,4-9,18H2,1-3H3,(H,26,27)/t19-/m0/s1. The van der Waals surface area contributed by atoms with Gasteiger partial charge in [-0.3, -0.25) is 9.59 Å². The molecule has 0 unspecified atom stereocenters. The van der Waals surface area contributed by atoms with E-state index >= 15 is 0 Å². The summed E-state index contributed by atoms with van der Waals surface area (Å²) < 4.78 is 4.72. The van der Waals surface area contributed by atoms with Crippen molar-refractivity contribution in [1.82, 2.24) is 5.32 Å². The Labute approximate surface area is 174 Å². The van der Waals surface area contributed by atoms with Crippen molar-refractivity contribution in [3.8, 4) is 11.1 Å². The number of hydrogen-bond donors (Lipinski definition) is 1. The molecule has 156 valence electrons. The minimum atomic E-state index is -0.176. The van der Waals surface area contributed by atoms with Crippen LogP contribution in [0, 0.1) is 5.92 Å². The fourth-order valence-corrected chi connectivity index (χ4v) is 3.26. The number of esters is 1. The van der Waals surface area contributed by atoms with E-state index in [4.69, 9.17) is 4.74 Å². The number of carbonyl (C=O) groups excluding carboxylic acids is 2. The highest BCUT2D eigenvalue weighted by Gasteiger charge is 2.12. The van der Waals surface area contributed by atoms with Crippen LogP contribution in [0.4, 0.5) is 0 Å². The van der Waals surface area contributed by atoms with Crippen molar-refractivity contribution < 1.29 is 14.3 Å². The predicted molar refractivity (Wildman–Crippen MR) is 118 cm³/mol. The lowest BCUT2D eigenvalue weighted by Gasteiger charge is -2.09. The molecular weight excluding hydrogens is 362 g/mol. The highest BCUT2D eigenvalue weighted by molar-refractivity contribution is 5.94.